The second-order valence-electron chi connectivity index (χ2n) is 7.89. The Morgan fingerprint density at radius 1 is 0.933 bits per heavy atom. The van der Waals surface area contributed by atoms with Gasteiger partial charge in [0.15, 0.2) is 0 Å². The Bertz CT molecular complexity index is 831. The highest BCUT2D eigenvalue weighted by molar-refractivity contribution is 5.89. The van der Waals surface area contributed by atoms with Gasteiger partial charge in [0.25, 0.3) is 0 Å². The van der Waals surface area contributed by atoms with E-state index in [9.17, 15) is 9.59 Å². The second kappa shape index (κ2) is 9.56. The molecule has 0 atom stereocenters. The van der Waals surface area contributed by atoms with Crippen LogP contribution < -0.4 is 15.5 Å². The molecule has 0 radical (unpaired) electrons. The fourth-order valence-electron chi connectivity index (χ4n) is 4.10. The molecule has 2 aromatic rings. The summed E-state index contributed by atoms with van der Waals surface area (Å²) in [4.78, 5) is 37.6. The Morgan fingerprint density at radius 2 is 1.67 bits per heavy atom. The van der Waals surface area contributed by atoms with E-state index in [0.29, 0.717) is 13.1 Å². The zero-order chi connectivity index (χ0) is 20.8. The van der Waals surface area contributed by atoms with Crippen molar-refractivity contribution in [3.8, 4) is 0 Å². The second-order valence-corrected chi connectivity index (χ2v) is 7.89. The maximum absolute atomic E-state index is 12.7. The van der Waals surface area contributed by atoms with Crippen LogP contribution in [0.25, 0.3) is 0 Å². The molecule has 0 unspecified atom stereocenters. The van der Waals surface area contributed by atoms with Gasteiger partial charge >= 0.3 is 6.03 Å². The maximum atomic E-state index is 12.7. The number of rotatable bonds is 4. The van der Waals surface area contributed by atoms with Gasteiger partial charge in [-0.2, -0.15) is 0 Å². The van der Waals surface area contributed by atoms with Crippen LogP contribution in [-0.4, -0.2) is 59.0 Å². The Balaban J connectivity index is 1.19. The van der Waals surface area contributed by atoms with Gasteiger partial charge in [0.1, 0.15) is 5.82 Å². The number of para-hydroxylation sites is 1. The number of carbonyl (C=O) groups is 2. The van der Waals surface area contributed by atoms with Crippen LogP contribution in [0, 0.1) is 5.92 Å². The summed E-state index contributed by atoms with van der Waals surface area (Å²) < 4.78 is 0. The summed E-state index contributed by atoms with van der Waals surface area (Å²) in [5.41, 5.74) is 0.797. The summed E-state index contributed by atoms with van der Waals surface area (Å²) in [6.07, 6.45) is 8.34. The number of aromatic nitrogens is 2. The van der Waals surface area contributed by atoms with Gasteiger partial charge < -0.3 is 20.4 Å². The summed E-state index contributed by atoms with van der Waals surface area (Å²) in [5, 5.41) is 6.13. The van der Waals surface area contributed by atoms with Crippen molar-refractivity contribution in [3.63, 3.8) is 0 Å². The normalized spacial score (nSPS) is 18.1. The van der Waals surface area contributed by atoms with E-state index >= 15 is 0 Å². The molecule has 1 aromatic heterocycles. The molecule has 0 bridgehead atoms. The predicted octanol–water partition coefficient (Wildman–Crippen LogP) is 2.51. The molecule has 2 aliphatic heterocycles. The van der Waals surface area contributed by atoms with Crippen LogP contribution in [0.5, 0.6) is 0 Å². The number of likely N-dealkylation sites (tertiary alicyclic amines) is 1. The quantitative estimate of drug-likeness (QED) is 0.811. The van der Waals surface area contributed by atoms with E-state index in [1.165, 1.54) is 0 Å². The predicted molar refractivity (Wildman–Crippen MR) is 115 cm³/mol. The van der Waals surface area contributed by atoms with Gasteiger partial charge in [-0.1, -0.05) is 18.2 Å². The Morgan fingerprint density at radius 3 is 2.33 bits per heavy atom. The van der Waals surface area contributed by atoms with Crippen LogP contribution in [0.2, 0.25) is 0 Å². The minimum Gasteiger partial charge on any atom is -0.355 e. The average Bonchev–Trinajstić information content (AvgIpc) is 2.81. The van der Waals surface area contributed by atoms with Crippen molar-refractivity contribution < 1.29 is 9.59 Å². The lowest BCUT2D eigenvalue weighted by Crippen LogP contribution is -2.50. The van der Waals surface area contributed by atoms with Crippen molar-refractivity contribution >= 4 is 23.4 Å². The highest BCUT2D eigenvalue weighted by Gasteiger charge is 2.29. The van der Waals surface area contributed by atoms with Crippen molar-refractivity contribution in [2.24, 2.45) is 5.92 Å². The molecule has 2 fully saturated rings. The first kappa shape index (κ1) is 20.1. The first-order valence-corrected chi connectivity index (χ1v) is 10.6. The summed E-state index contributed by atoms with van der Waals surface area (Å²) in [6, 6.07) is 9.52. The minimum absolute atomic E-state index is 0.0392. The average molecular weight is 409 g/mol. The number of carbonyl (C=O) groups excluding carboxylic acids is 2. The van der Waals surface area contributed by atoms with E-state index in [2.05, 4.69) is 25.5 Å². The molecule has 0 saturated carbocycles. The molecular formula is C22H28N6O2. The minimum atomic E-state index is -0.0811. The van der Waals surface area contributed by atoms with Crippen molar-refractivity contribution in [3.05, 3.63) is 48.9 Å². The van der Waals surface area contributed by atoms with E-state index < -0.39 is 0 Å². The van der Waals surface area contributed by atoms with Crippen molar-refractivity contribution in [1.29, 1.82) is 0 Å². The highest BCUT2D eigenvalue weighted by atomic mass is 16.2. The monoisotopic (exact) mass is 408 g/mol. The third kappa shape index (κ3) is 5.06. The molecule has 2 aliphatic rings. The topological polar surface area (TPSA) is 90.5 Å². The van der Waals surface area contributed by atoms with Crippen molar-refractivity contribution in [2.75, 3.05) is 36.4 Å². The summed E-state index contributed by atoms with van der Waals surface area (Å²) in [5.74, 6) is 1.05. The van der Waals surface area contributed by atoms with Crippen LogP contribution in [-0.2, 0) is 4.79 Å². The fraction of sp³-hybridized carbons (Fsp3) is 0.455. The number of piperidine rings is 2. The number of nitrogens with one attached hydrogen (secondary N) is 2. The standard InChI is InChI=1S/C22H28N6O2/c29-21(17-6-12-27(13-7-17)20-16-23-10-11-24-20)25-19-8-14-28(15-9-19)22(30)26-18-4-2-1-3-5-18/h1-5,10-11,16-17,19H,6-9,12-15H2,(H,25,29)(H,26,30). The zero-order valence-electron chi connectivity index (χ0n) is 17.0. The number of anilines is 2. The molecule has 0 spiro atoms. The number of benzene rings is 1. The summed E-state index contributed by atoms with van der Waals surface area (Å²) in [7, 11) is 0. The molecule has 158 valence electrons. The first-order chi connectivity index (χ1) is 14.7. The van der Waals surface area contributed by atoms with Gasteiger partial charge in [0, 0.05) is 56.2 Å². The largest absolute Gasteiger partial charge is 0.355 e. The van der Waals surface area contributed by atoms with Gasteiger partial charge in [0.05, 0.1) is 6.20 Å². The van der Waals surface area contributed by atoms with Crippen LogP contribution >= 0.6 is 0 Å². The number of amides is 3. The number of nitrogens with zero attached hydrogens (tertiary/aromatic N) is 4. The van der Waals surface area contributed by atoms with Crippen LogP contribution in [0.4, 0.5) is 16.3 Å². The molecule has 2 saturated heterocycles. The van der Waals surface area contributed by atoms with Gasteiger partial charge in [-0.05, 0) is 37.8 Å². The molecule has 30 heavy (non-hydrogen) atoms. The maximum Gasteiger partial charge on any atom is 0.321 e. The van der Waals surface area contributed by atoms with E-state index in [1.807, 2.05) is 35.2 Å². The van der Waals surface area contributed by atoms with Gasteiger partial charge in [-0.25, -0.2) is 9.78 Å². The lowest BCUT2D eigenvalue weighted by molar-refractivity contribution is -0.126. The van der Waals surface area contributed by atoms with E-state index in [1.54, 1.807) is 18.6 Å². The Labute approximate surface area is 176 Å². The molecule has 4 rings (SSSR count). The lowest BCUT2D eigenvalue weighted by atomic mass is 9.94. The smallest absolute Gasteiger partial charge is 0.321 e. The molecule has 8 nitrogen and oxygen atoms in total. The van der Waals surface area contributed by atoms with Crippen LogP contribution in [0.3, 0.4) is 0 Å². The molecule has 3 amide bonds. The molecule has 1 aromatic carbocycles. The molecule has 8 heteroatoms. The third-order valence-corrected chi connectivity index (χ3v) is 5.89. The SMILES string of the molecule is O=C(NC1CCN(C(=O)Nc2ccccc2)CC1)C1CCN(c2cnccn2)CC1. The molecule has 2 N–H and O–H groups in total. The van der Waals surface area contributed by atoms with E-state index in [4.69, 9.17) is 0 Å². The van der Waals surface area contributed by atoms with Crippen LogP contribution in [0.1, 0.15) is 25.7 Å². The molecular weight excluding hydrogens is 380 g/mol. The molecule has 3 heterocycles. The summed E-state index contributed by atoms with van der Waals surface area (Å²) in [6.45, 7) is 2.92. The third-order valence-electron chi connectivity index (χ3n) is 5.89. The van der Waals surface area contributed by atoms with Crippen LogP contribution in [0.15, 0.2) is 48.9 Å². The summed E-state index contributed by atoms with van der Waals surface area (Å²) >= 11 is 0. The first-order valence-electron chi connectivity index (χ1n) is 10.6. The van der Waals surface area contributed by atoms with Crippen molar-refractivity contribution in [2.45, 2.75) is 31.7 Å². The fourth-order valence-corrected chi connectivity index (χ4v) is 4.10. The van der Waals surface area contributed by atoms with E-state index in [0.717, 1.165) is 50.3 Å². The van der Waals surface area contributed by atoms with E-state index in [-0.39, 0.29) is 23.9 Å². The number of hydrogen-bond donors (Lipinski definition) is 2. The highest BCUT2D eigenvalue weighted by Crippen LogP contribution is 2.22. The lowest BCUT2D eigenvalue weighted by Gasteiger charge is -2.35. The zero-order valence-corrected chi connectivity index (χ0v) is 17.0. The Hall–Kier alpha value is -3.16. The number of hydrogen-bond acceptors (Lipinski definition) is 5. The van der Waals surface area contributed by atoms with Gasteiger partial charge in [0.2, 0.25) is 5.91 Å². The Kier molecular flexibility index (Phi) is 6.41. The number of urea groups is 1. The van der Waals surface area contributed by atoms with Gasteiger partial charge in [-0.3, -0.25) is 9.78 Å². The van der Waals surface area contributed by atoms with Gasteiger partial charge in [-0.15, -0.1) is 0 Å². The van der Waals surface area contributed by atoms with Crippen molar-refractivity contribution in [1.82, 2.24) is 20.2 Å². The molecule has 0 aliphatic carbocycles.